The third kappa shape index (κ3) is 3.88. The molecule has 1 amide bonds. The Morgan fingerprint density at radius 2 is 2.12 bits per heavy atom. The summed E-state index contributed by atoms with van der Waals surface area (Å²) in [5.74, 6) is 0.592. The summed E-state index contributed by atoms with van der Waals surface area (Å²) in [6.45, 7) is 4.17. The van der Waals surface area contributed by atoms with Gasteiger partial charge in [-0.15, -0.1) is 0 Å². The standard InChI is InChI=1S/C18H23N5O2/c1-11(2)8-15(17-20-13-6-4-5-7-14(13)21-17)22-18(25)16(24)12-9-19-23(3)10-12/h4-7,9-11,15-16,24H,8H2,1-3H3,(H,20,21)(H,22,25)/t15-,16+/m1/s1. The van der Waals surface area contributed by atoms with Gasteiger partial charge in [-0.3, -0.25) is 9.48 Å². The van der Waals surface area contributed by atoms with Gasteiger partial charge in [0.05, 0.1) is 23.3 Å². The molecule has 0 aliphatic carbocycles. The normalized spacial score (nSPS) is 14.0. The van der Waals surface area contributed by atoms with Crippen molar-refractivity contribution in [2.75, 3.05) is 0 Å². The number of para-hydroxylation sites is 2. The number of carbonyl (C=O) groups excluding carboxylic acids is 1. The Morgan fingerprint density at radius 3 is 2.76 bits per heavy atom. The number of aliphatic hydroxyl groups is 1. The highest BCUT2D eigenvalue weighted by atomic mass is 16.3. The van der Waals surface area contributed by atoms with Gasteiger partial charge in [0.25, 0.3) is 5.91 Å². The Bertz CT molecular complexity index is 834. The maximum absolute atomic E-state index is 12.5. The van der Waals surface area contributed by atoms with Crippen molar-refractivity contribution in [1.29, 1.82) is 0 Å². The van der Waals surface area contributed by atoms with E-state index in [1.807, 2.05) is 24.3 Å². The van der Waals surface area contributed by atoms with Gasteiger partial charge in [-0.05, 0) is 24.5 Å². The summed E-state index contributed by atoms with van der Waals surface area (Å²) in [6.07, 6.45) is 2.57. The average Bonchev–Trinajstić information content (AvgIpc) is 3.19. The molecule has 7 nitrogen and oxygen atoms in total. The first-order valence-electron chi connectivity index (χ1n) is 8.35. The number of hydrogen-bond donors (Lipinski definition) is 3. The van der Waals surface area contributed by atoms with Crippen molar-refractivity contribution in [3.63, 3.8) is 0 Å². The number of fused-ring (bicyclic) bond motifs is 1. The Kier molecular flexibility index (Phi) is 4.85. The molecule has 132 valence electrons. The highest BCUT2D eigenvalue weighted by Gasteiger charge is 2.25. The number of H-pyrrole nitrogens is 1. The molecular formula is C18H23N5O2. The Labute approximate surface area is 146 Å². The van der Waals surface area contributed by atoms with E-state index in [1.165, 1.54) is 6.20 Å². The van der Waals surface area contributed by atoms with Crippen LogP contribution in [-0.4, -0.2) is 30.8 Å². The predicted octanol–water partition coefficient (Wildman–Crippen LogP) is 2.23. The van der Waals surface area contributed by atoms with Crippen LogP contribution < -0.4 is 5.32 Å². The number of imidazole rings is 1. The number of carbonyl (C=O) groups is 1. The first-order valence-corrected chi connectivity index (χ1v) is 8.35. The Hall–Kier alpha value is -2.67. The SMILES string of the molecule is CC(C)C[C@@H](NC(=O)[C@@H](O)c1cnn(C)c1)c1nc2ccccc2[nH]1. The minimum Gasteiger partial charge on any atom is -0.378 e. The van der Waals surface area contributed by atoms with Crippen molar-refractivity contribution in [3.8, 4) is 0 Å². The van der Waals surface area contributed by atoms with Crippen molar-refractivity contribution in [2.45, 2.75) is 32.4 Å². The lowest BCUT2D eigenvalue weighted by atomic mass is 10.0. The number of nitrogens with zero attached hydrogens (tertiary/aromatic N) is 3. The third-order valence-corrected chi connectivity index (χ3v) is 4.05. The van der Waals surface area contributed by atoms with Crippen molar-refractivity contribution >= 4 is 16.9 Å². The van der Waals surface area contributed by atoms with Crippen LogP contribution in [0.15, 0.2) is 36.7 Å². The van der Waals surface area contributed by atoms with Gasteiger partial charge in [-0.25, -0.2) is 4.98 Å². The van der Waals surface area contributed by atoms with Crippen molar-refractivity contribution in [3.05, 3.63) is 48.0 Å². The second-order valence-electron chi connectivity index (χ2n) is 6.68. The van der Waals surface area contributed by atoms with E-state index in [2.05, 4.69) is 34.2 Å². The van der Waals surface area contributed by atoms with E-state index in [-0.39, 0.29) is 6.04 Å². The number of nitrogens with one attached hydrogen (secondary N) is 2. The van der Waals surface area contributed by atoms with E-state index in [4.69, 9.17) is 0 Å². The van der Waals surface area contributed by atoms with Crippen molar-refractivity contribution < 1.29 is 9.90 Å². The van der Waals surface area contributed by atoms with Crippen LogP contribution in [-0.2, 0) is 11.8 Å². The molecule has 0 bridgehead atoms. The first kappa shape index (κ1) is 17.2. The molecule has 3 N–H and O–H groups in total. The van der Waals surface area contributed by atoms with Crippen molar-refractivity contribution in [2.24, 2.45) is 13.0 Å². The highest BCUT2D eigenvalue weighted by Crippen LogP contribution is 2.23. The lowest BCUT2D eigenvalue weighted by Gasteiger charge is -2.20. The number of hydrogen-bond acceptors (Lipinski definition) is 4. The molecule has 1 aromatic carbocycles. The van der Waals surface area contributed by atoms with Crippen molar-refractivity contribution in [1.82, 2.24) is 25.1 Å². The molecule has 0 aliphatic heterocycles. The van der Waals surface area contributed by atoms with Gasteiger partial charge in [0, 0.05) is 18.8 Å². The zero-order valence-electron chi connectivity index (χ0n) is 14.6. The molecule has 3 aromatic rings. The average molecular weight is 341 g/mol. The number of aryl methyl sites for hydroxylation is 1. The summed E-state index contributed by atoms with van der Waals surface area (Å²) < 4.78 is 1.55. The van der Waals surface area contributed by atoms with Crippen LogP contribution in [0.3, 0.4) is 0 Å². The van der Waals surface area contributed by atoms with Crippen LogP contribution >= 0.6 is 0 Å². The zero-order chi connectivity index (χ0) is 18.0. The minimum absolute atomic E-state index is 0.300. The lowest BCUT2D eigenvalue weighted by Crippen LogP contribution is -2.34. The minimum atomic E-state index is -1.26. The van der Waals surface area contributed by atoms with Gasteiger partial charge < -0.3 is 15.4 Å². The van der Waals surface area contributed by atoms with E-state index in [1.54, 1.807) is 17.9 Å². The predicted molar refractivity (Wildman–Crippen MR) is 94.6 cm³/mol. The number of aliphatic hydroxyl groups excluding tert-OH is 1. The number of aromatic amines is 1. The molecule has 0 radical (unpaired) electrons. The summed E-state index contributed by atoms with van der Waals surface area (Å²) in [4.78, 5) is 20.3. The molecule has 2 atom stereocenters. The Balaban J connectivity index is 1.81. The van der Waals surface area contributed by atoms with Crippen LogP contribution in [0.1, 0.15) is 43.8 Å². The number of rotatable bonds is 6. The molecule has 0 spiro atoms. The number of benzene rings is 1. The topological polar surface area (TPSA) is 95.8 Å². The molecule has 0 saturated heterocycles. The van der Waals surface area contributed by atoms with Crippen LogP contribution in [0.4, 0.5) is 0 Å². The lowest BCUT2D eigenvalue weighted by molar-refractivity contribution is -0.130. The number of amides is 1. The molecule has 0 aliphatic rings. The summed E-state index contributed by atoms with van der Waals surface area (Å²) in [7, 11) is 1.74. The van der Waals surface area contributed by atoms with E-state index < -0.39 is 12.0 Å². The molecule has 2 aromatic heterocycles. The summed E-state index contributed by atoms with van der Waals surface area (Å²) >= 11 is 0. The monoisotopic (exact) mass is 341 g/mol. The molecule has 2 heterocycles. The first-order chi connectivity index (χ1) is 11.9. The van der Waals surface area contributed by atoms with Crippen LogP contribution in [0, 0.1) is 5.92 Å². The molecular weight excluding hydrogens is 318 g/mol. The Morgan fingerprint density at radius 1 is 1.36 bits per heavy atom. The highest BCUT2D eigenvalue weighted by molar-refractivity contribution is 5.82. The summed E-state index contributed by atoms with van der Waals surface area (Å²) in [5.41, 5.74) is 2.24. The maximum atomic E-state index is 12.5. The fourth-order valence-electron chi connectivity index (χ4n) is 2.83. The second-order valence-corrected chi connectivity index (χ2v) is 6.68. The van der Waals surface area contributed by atoms with E-state index in [9.17, 15) is 9.90 Å². The molecule has 3 rings (SSSR count). The van der Waals surface area contributed by atoms with Gasteiger partial charge in [-0.1, -0.05) is 26.0 Å². The van der Waals surface area contributed by atoms with E-state index in [0.717, 1.165) is 11.0 Å². The maximum Gasteiger partial charge on any atom is 0.254 e. The fourth-order valence-corrected chi connectivity index (χ4v) is 2.83. The van der Waals surface area contributed by atoms with Gasteiger partial charge in [0.2, 0.25) is 0 Å². The smallest absolute Gasteiger partial charge is 0.254 e. The van der Waals surface area contributed by atoms with E-state index in [0.29, 0.717) is 23.7 Å². The quantitative estimate of drug-likeness (QED) is 0.641. The summed E-state index contributed by atoms with van der Waals surface area (Å²) in [6, 6.07) is 7.44. The molecule has 0 fully saturated rings. The van der Waals surface area contributed by atoms with Crippen LogP contribution in [0.5, 0.6) is 0 Å². The van der Waals surface area contributed by atoms with Gasteiger partial charge >= 0.3 is 0 Å². The van der Waals surface area contributed by atoms with Gasteiger partial charge in [0.1, 0.15) is 5.82 Å². The van der Waals surface area contributed by atoms with Crippen LogP contribution in [0.2, 0.25) is 0 Å². The molecule has 25 heavy (non-hydrogen) atoms. The zero-order valence-corrected chi connectivity index (χ0v) is 14.6. The van der Waals surface area contributed by atoms with E-state index >= 15 is 0 Å². The molecule has 7 heteroatoms. The van der Waals surface area contributed by atoms with Crippen LogP contribution in [0.25, 0.3) is 11.0 Å². The third-order valence-electron chi connectivity index (χ3n) is 4.05. The summed E-state index contributed by atoms with van der Waals surface area (Å²) in [5, 5.41) is 17.2. The number of aromatic nitrogens is 4. The second kappa shape index (κ2) is 7.06. The molecule has 0 saturated carbocycles. The van der Waals surface area contributed by atoms with Gasteiger partial charge in [-0.2, -0.15) is 5.10 Å². The largest absolute Gasteiger partial charge is 0.378 e. The van der Waals surface area contributed by atoms with Gasteiger partial charge in [0.15, 0.2) is 6.10 Å². The fraction of sp³-hybridized carbons (Fsp3) is 0.389. The molecule has 0 unspecified atom stereocenters.